The lowest BCUT2D eigenvalue weighted by Gasteiger charge is -2.29. The predicted molar refractivity (Wildman–Crippen MR) is 115 cm³/mol. The average Bonchev–Trinajstić information content (AvgIpc) is 2.72. The number of aromatic amines is 1. The van der Waals surface area contributed by atoms with Gasteiger partial charge in [-0.15, -0.1) is 0 Å². The molecule has 0 radical (unpaired) electrons. The Balaban J connectivity index is 1.24. The molecule has 3 heterocycles. The molecule has 29 heavy (non-hydrogen) atoms. The lowest BCUT2D eigenvalue weighted by atomic mass is 10.0. The summed E-state index contributed by atoms with van der Waals surface area (Å²) in [6.45, 7) is 3.63. The molecule has 0 aliphatic carbocycles. The molecule has 4 rings (SSSR count). The molecule has 0 fully saturated rings. The summed E-state index contributed by atoms with van der Waals surface area (Å²) in [6.07, 6.45) is 4.72. The Hall–Kier alpha value is -2.93. The zero-order valence-corrected chi connectivity index (χ0v) is 17.0. The Morgan fingerprint density at radius 1 is 1.17 bits per heavy atom. The van der Waals surface area contributed by atoms with E-state index in [1.165, 1.54) is 11.6 Å². The minimum Gasteiger partial charge on any atom is -0.494 e. The van der Waals surface area contributed by atoms with E-state index < -0.39 is 0 Å². The number of pyridine rings is 1. The summed E-state index contributed by atoms with van der Waals surface area (Å²) in [5.74, 6) is 1.83. The number of benzene rings is 1. The fraction of sp³-hybridized carbons (Fsp3) is 0.409. The molecule has 2 aromatic heterocycles. The first-order valence-corrected chi connectivity index (χ1v) is 10.1. The highest BCUT2D eigenvalue weighted by Crippen LogP contribution is 2.24. The van der Waals surface area contributed by atoms with Crippen LogP contribution in [0.3, 0.4) is 0 Å². The number of aromatic nitrogens is 3. The zero-order valence-electron chi connectivity index (χ0n) is 17.0. The summed E-state index contributed by atoms with van der Waals surface area (Å²) in [6, 6.07) is 9.16. The molecule has 0 bridgehead atoms. The van der Waals surface area contributed by atoms with Gasteiger partial charge in [-0.3, -0.25) is 9.69 Å². The summed E-state index contributed by atoms with van der Waals surface area (Å²) in [4.78, 5) is 27.7. The van der Waals surface area contributed by atoms with Gasteiger partial charge in [0.15, 0.2) is 0 Å². The van der Waals surface area contributed by atoms with Crippen LogP contribution in [0.5, 0.6) is 5.75 Å². The van der Waals surface area contributed by atoms with Crippen LogP contribution >= 0.6 is 0 Å². The van der Waals surface area contributed by atoms with Gasteiger partial charge in [0.05, 0.1) is 17.8 Å². The van der Waals surface area contributed by atoms with E-state index in [1.54, 1.807) is 6.33 Å². The fourth-order valence-corrected chi connectivity index (χ4v) is 3.81. The van der Waals surface area contributed by atoms with E-state index in [2.05, 4.69) is 24.8 Å². The van der Waals surface area contributed by atoms with Gasteiger partial charge >= 0.3 is 0 Å². The van der Waals surface area contributed by atoms with Crippen molar-refractivity contribution in [3.05, 3.63) is 58.3 Å². The van der Waals surface area contributed by atoms with Crippen molar-refractivity contribution in [1.29, 1.82) is 0 Å². The van der Waals surface area contributed by atoms with Crippen molar-refractivity contribution >= 4 is 16.7 Å². The van der Waals surface area contributed by atoms with Crippen molar-refractivity contribution in [3.8, 4) is 5.75 Å². The average molecular weight is 393 g/mol. The molecule has 152 valence electrons. The predicted octanol–water partition coefficient (Wildman–Crippen LogP) is 2.60. The summed E-state index contributed by atoms with van der Waals surface area (Å²) in [7, 11) is 4.06. The third-order valence-corrected chi connectivity index (χ3v) is 5.32. The van der Waals surface area contributed by atoms with Crippen LogP contribution in [0.25, 0.3) is 10.9 Å². The molecular formula is C22H27N5O2. The number of H-pyrrole nitrogens is 1. The van der Waals surface area contributed by atoms with E-state index in [-0.39, 0.29) is 5.56 Å². The minimum absolute atomic E-state index is 0.0965. The molecule has 1 aliphatic heterocycles. The first kappa shape index (κ1) is 19.4. The molecular weight excluding hydrogens is 366 g/mol. The molecule has 0 unspecified atom stereocenters. The number of hydrogen-bond donors (Lipinski definition) is 1. The second-order valence-electron chi connectivity index (χ2n) is 7.67. The number of hydrogen-bond acceptors (Lipinski definition) is 6. The summed E-state index contributed by atoms with van der Waals surface area (Å²) >= 11 is 0. The molecule has 1 aromatic carbocycles. The number of fused-ring (bicyclic) bond motifs is 2. The van der Waals surface area contributed by atoms with Crippen LogP contribution in [0.4, 0.5) is 5.82 Å². The van der Waals surface area contributed by atoms with Crippen molar-refractivity contribution in [3.63, 3.8) is 0 Å². The molecule has 0 saturated carbocycles. The molecule has 7 heteroatoms. The number of unbranched alkanes of at least 4 members (excludes halogenated alkanes) is 1. The van der Waals surface area contributed by atoms with Gasteiger partial charge in [0, 0.05) is 44.9 Å². The number of nitrogens with zero attached hydrogens (tertiary/aromatic N) is 4. The molecule has 7 nitrogen and oxygen atoms in total. The lowest BCUT2D eigenvalue weighted by molar-refractivity contribution is 0.232. The Bertz CT molecular complexity index is 1050. The summed E-state index contributed by atoms with van der Waals surface area (Å²) in [5, 5.41) is 1.00. The SMILES string of the molecule is CN(C)c1ncnc2c1CCN(CCCCOc1ccc3ccc(=O)[nH]c3c1)C2. The topological polar surface area (TPSA) is 74.4 Å². The highest BCUT2D eigenvalue weighted by atomic mass is 16.5. The highest BCUT2D eigenvalue weighted by Gasteiger charge is 2.21. The maximum atomic E-state index is 11.5. The quantitative estimate of drug-likeness (QED) is 0.622. The molecule has 0 amide bonds. The van der Waals surface area contributed by atoms with Gasteiger partial charge in [0.1, 0.15) is 17.9 Å². The van der Waals surface area contributed by atoms with Crippen LogP contribution in [0.2, 0.25) is 0 Å². The van der Waals surface area contributed by atoms with E-state index in [1.807, 2.05) is 38.4 Å². The van der Waals surface area contributed by atoms with Crippen LogP contribution in [0.15, 0.2) is 41.5 Å². The van der Waals surface area contributed by atoms with Crippen LogP contribution in [-0.2, 0) is 13.0 Å². The van der Waals surface area contributed by atoms with Crippen LogP contribution in [0.1, 0.15) is 24.1 Å². The second kappa shape index (κ2) is 8.61. The van der Waals surface area contributed by atoms with E-state index >= 15 is 0 Å². The first-order valence-electron chi connectivity index (χ1n) is 10.1. The molecule has 1 aliphatic rings. The van der Waals surface area contributed by atoms with E-state index in [0.717, 1.165) is 67.1 Å². The monoisotopic (exact) mass is 393 g/mol. The summed E-state index contributed by atoms with van der Waals surface area (Å²) < 4.78 is 5.88. The second-order valence-corrected chi connectivity index (χ2v) is 7.67. The summed E-state index contributed by atoms with van der Waals surface area (Å²) in [5.41, 5.74) is 3.14. The number of rotatable bonds is 7. The third kappa shape index (κ3) is 4.56. The standard InChI is InChI=1S/C22H27N5O2/c1-26(2)22-18-9-11-27(14-20(18)23-15-24-22)10-3-4-12-29-17-7-5-16-6-8-21(28)25-19(16)13-17/h5-8,13,15H,3-4,9-12,14H2,1-2H3,(H,25,28). The Kier molecular flexibility index (Phi) is 5.76. The van der Waals surface area contributed by atoms with E-state index in [4.69, 9.17) is 4.74 Å². The van der Waals surface area contributed by atoms with Crippen molar-refractivity contribution in [2.75, 3.05) is 38.7 Å². The van der Waals surface area contributed by atoms with Crippen molar-refractivity contribution in [2.45, 2.75) is 25.8 Å². The van der Waals surface area contributed by atoms with Gasteiger partial charge < -0.3 is 14.6 Å². The minimum atomic E-state index is -0.0965. The number of nitrogens with one attached hydrogen (secondary N) is 1. The van der Waals surface area contributed by atoms with Crippen molar-refractivity contribution in [2.24, 2.45) is 0 Å². The van der Waals surface area contributed by atoms with E-state index in [9.17, 15) is 4.79 Å². The largest absolute Gasteiger partial charge is 0.494 e. The molecule has 3 aromatic rings. The van der Waals surface area contributed by atoms with Gasteiger partial charge in [-0.05, 0) is 49.4 Å². The maximum absolute atomic E-state index is 11.5. The molecule has 0 atom stereocenters. The normalized spacial score (nSPS) is 14.0. The fourth-order valence-electron chi connectivity index (χ4n) is 3.81. The van der Waals surface area contributed by atoms with Gasteiger partial charge in [-0.25, -0.2) is 9.97 Å². The molecule has 0 spiro atoms. The Morgan fingerprint density at radius 2 is 2.03 bits per heavy atom. The van der Waals surface area contributed by atoms with Gasteiger partial charge in [0.25, 0.3) is 0 Å². The van der Waals surface area contributed by atoms with Gasteiger partial charge in [-0.2, -0.15) is 0 Å². The Morgan fingerprint density at radius 3 is 2.90 bits per heavy atom. The number of anilines is 1. The maximum Gasteiger partial charge on any atom is 0.248 e. The van der Waals surface area contributed by atoms with Gasteiger partial charge in [0.2, 0.25) is 5.56 Å². The molecule has 1 N–H and O–H groups in total. The van der Waals surface area contributed by atoms with Crippen LogP contribution < -0.4 is 15.2 Å². The van der Waals surface area contributed by atoms with Crippen molar-refractivity contribution < 1.29 is 4.74 Å². The highest BCUT2D eigenvalue weighted by molar-refractivity contribution is 5.79. The third-order valence-electron chi connectivity index (χ3n) is 5.32. The van der Waals surface area contributed by atoms with Crippen molar-refractivity contribution in [1.82, 2.24) is 19.9 Å². The first-order chi connectivity index (χ1) is 14.1. The molecule has 0 saturated heterocycles. The van der Waals surface area contributed by atoms with E-state index in [0.29, 0.717) is 6.61 Å². The number of ether oxygens (including phenoxy) is 1. The van der Waals surface area contributed by atoms with Crippen LogP contribution in [0, 0.1) is 0 Å². The smallest absolute Gasteiger partial charge is 0.248 e. The lowest BCUT2D eigenvalue weighted by Crippen LogP contribution is -2.33. The zero-order chi connectivity index (χ0) is 20.2. The Labute approximate surface area is 170 Å². The van der Waals surface area contributed by atoms with Gasteiger partial charge in [-0.1, -0.05) is 0 Å². The van der Waals surface area contributed by atoms with Crippen LogP contribution in [-0.4, -0.2) is 53.6 Å².